The van der Waals surface area contributed by atoms with E-state index in [-0.39, 0.29) is 23.6 Å². The van der Waals surface area contributed by atoms with Gasteiger partial charge in [0.25, 0.3) is 0 Å². The summed E-state index contributed by atoms with van der Waals surface area (Å²) in [7, 11) is 0. The number of rotatable bonds is 8. The van der Waals surface area contributed by atoms with Gasteiger partial charge in [0.2, 0.25) is 11.2 Å². The number of benzene rings is 3. The molecule has 1 aromatic heterocycles. The quantitative estimate of drug-likeness (QED) is 0.291. The molecule has 34 heavy (non-hydrogen) atoms. The molecule has 3 aromatic carbocycles. The van der Waals surface area contributed by atoms with Crippen molar-refractivity contribution in [1.82, 2.24) is 0 Å². The molecule has 0 unspecified atom stereocenters. The summed E-state index contributed by atoms with van der Waals surface area (Å²) in [6, 6.07) is 17.3. The van der Waals surface area contributed by atoms with Gasteiger partial charge < -0.3 is 18.6 Å². The molecule has 0 spiro atoms. The van der Waals surface area contributed by atoms with Crippen molar-refractivity contribution >= 4 is 16.9 Å². The molecule has 4 rings (SSSR count). The molecule has 0 radical (unpaired) electrons. The van der Waals surface area contributed by atoms with Gasteiger partial charge in [-0.25, -0.2) is 9.18 Å². The van der Waals surface area contributed by atoms with Gasteiger partial charge in [-0.3, -0.25) is 4.79 Å². The van der Waals surface area contributed by atoms with Gasteiger partial charge >= 0.3 is 5.97 Å². The van der Waals surface area contributed by atoms with E-state index in [4.69, 9.17) is 18.6 Å². The SMILES string of the molecule is CCCOC(=O)c1ccc(Oc2c(C)oc3cc(OCc4cccc(F)c4)ccc3c2=O)cc1. The zero-order valence-corrected chi connectivity index (χ0v) is 18.8. The highest BCUT2D eigenvalue weighted by Crippen LogP contribution is 2.28. The standard InChI is InChI=1S/C27H23FO6/c1-3-13-31-27(30)19-7-9-21(10-8-19)34-26-17(2)33-24-15-22(11-12-23(24)25(26)29)32-16-18-5-4-6-20(28)14-18/h4-12,14-15H,3,13,16H2,1-2H3. The van der Waals surface area contributed by atoms with Crippen molar-refractivity contribution in [3.8, 4) is 17.2 Å². The van der Waals surface area contributed by atoms with Gasteiger partial charge in [-0.1, -0.05) is 19.1 Å². The number of ether oxygens (including phenoxy) is 3. The van der Waals surface area contributed by atoms with Gasteiger partial charge in [-0.15, -0.1) is 0 Å². The minimum atomic E-state index is -0.412. The lowest BCUT2D eigenvalue weighted by molar-refractivity contribution is 0.0505. The van der Waals surface area contributed by atoms with E-state index in [0.717, 1.165) is 6.42 Å². The van der Waals surface area contributed by atoms with E-state index in [1.165, 1.54) is 12.1 Å². The molecular formula is C27H23FO6. The van der Waals surface area contributed by atoms with E-state index in [1.54, 1.807) is 61.5 Å². The first-order valence-electron chi connectivity index (χ1n) is 10.8. The Labute approximate surface area is 195 Å². The summed E-state index contributed by atoms with van der Waals surface area (Å²) in [6.07, 6.45) is 0.741. The van der Waals surface area contributed by atoms with Crippen LogP contribution in [0.4, 0.5) is 4.39 Å². The van der Waals surface area contributed by atoms with E-state index in [0.29, 0.717) is 46.0 Å². The summed E-state index contributed by atoms with van der Waals surface area (Å²) in [6.45, 7) is 4.08. The third-order valence-corrected chi connectivity index (χ3v) is 5.03. The molecule has 6 nitrogen and oxygen atoms in total. The first kappa shape index (κ1) is 23.0. The second-order valence-corrected chi connectivity index (χ2v) is 7.66. The summed E-state index contributed by atoms with van der Waals surface area (Å²) < 4.78 is 35.8. The summed E-state index contributed by atoms with van der Waals surface area (Å²) in [4.78, 5) is 25.0. The van der Waals surface area contributed by atoms with Crippen LogP contribution in [0.5, 0.6) is 17.2 Å². The van der Waals surface area contributed by atoms with Crippen LogP contribution in [-0.4, -0.2) is 12.6 Å². The van der Waals surface area contributed by atoms with Crippen molar-refractivity contribution in [1.29, 1.82) is 0 Å². The van der Waals surface area contributed by atoms with Gasteiger partial charge in [0.1, 0.15) is 35.3 Å². The number of carbonyl (C=O) groups is 1. The van der Waals surface area contributed by atoms with Gasteiger partial charge in [0.15, 0.2) is 0 Å². The molecule has 0 bridgehead atoms. The fourth-order valence-electron chi connectivity index (χ4n) is 3.32. The monoisotopic (exact) mass is 462 g/mol. The lowest BCUT2D eigenvalue weighted by Gasteiger charge is -2.11. The predicted octanol–water partition coefficient (Wildman–Crippen LogP) is 6.18. The molecule has 0 amide bonds. The Morgan fingerprint density at radius 1 is 1.00 bits per heavy atom. The highest BCUT2D eigenvalue weighted by Gasteiger charge is 2.15. The van der Waals surface area contributed by atoms with Crippen LogP contribution in [0.25, 0.3) is 11.0 Å². The van der Waals surface area contributed by atoms with Crippen LogP contribution in [0, 0.1) is 12.7 Å². The van der Waals surface area contributed by atoms with Crippen molar-refractivity contribution in [2.45, 2.75) is 26.9 Å². The van der Waals surface area contributed by atoms with Gasteiger partial charge in [0, 0.05) is 6.07 Å². The lowest BCUT2D eigenvalue weighted by Crippen LogP contribution is -2.08. The third-order valence-electron chi connectivity index (χ3n) is 5.03. The molecule has 0 atom stereocenters. The van der Waals surface area contributed by atoms with Crippen LogP contribution in [0.1, 0.15) is 35.0 Å². The van der Waals surface area contributed by atoms with Crippen molar-refractivity contribution in [2.75, 3.05) is 6.61 Å². The predicted molar refractivity (Wildman–Crippen MR) is 125 cm³/mol. The van der Waals surface area contributed by atoms with Gasteiger partial charge in [0.05, 0.1) is 17.6 Å². The van der Waals surface area contributed by atoms with Crippen LogP contribution < -0.4 is 14.9 Å². The largest absolute Gasteiger partial charge is 0.489 e. The highest BCUT2D eigenvalue weighted by atomic mass is 19.1. The smallest absolute Gasteiger partial charge is 0.338 e. The topological polar surface area (TPSA) is 75.0 Å². The van der Waals surface area contributed by atoms with Crippen LogP contribution in [0.2, 0.25) is 0 Å². The zero-order valence-electron chi connectivity index (χ0n) is 18.8. The lowest BCUT2D eigenvalue weighted by atomic mass is 10.2. The Morgan fingerprint density at radius 2 is 1.76 bits per heavy atom. The Morgan fingerprint density at radius 3 is 2.50 bits per heavy atom. The molecule has 0 aliphatic rings. The van der Waals surface area contributed by atoms with Crippen LogP contribution in [0.3, 0.4) is 0 Å². The molecule has 0 aliphatic heterocycles. The van der Waals surface area contributed by atoms with Crippen LogP contribution in [-0.2, 0) is 11.3 Å². The molecule has 4 aromatic rings. The molecule has 0 saturated heterocycles. The van der Waals surface area contributed by atoms with E-state index < -0.39 is 5.97 Å². The third kappa shape index (κ3) is 5.26. The Kier molecular flexibility index (Phi) is 6.92. The maximum absolute atomic E-state index is 13.3. The summed E-state index contributed by atoms with van der Waals surface area (Å²) >= 11 is 0. The fourth-order valence-corrected chi connectivity index (χ4v) is 3.32. The fraction of sp³-hybridized carbons (Fsp3) is 0.185. The van der Waals surface area contributed by atoms with Crippen LogP contribution in [0.15, 0.2) is 75.9 Å². The summed E-state index contributed by atoms with van der Waals surface area (Å²) in [5, 5.41) is 0.332. The minimum absolute atomic E-state index is 0.0576. The normalized spacial score (nSPS) is 10.8. The molecule has 0 N–H and O–H groups in total. The van der Waals surface area contributed by atoms with Gasteiger partial charge in [-0.2, -0.15) is 0 Å². The van der Waals surface area contributed by atoms with Crippen LogP contribution >= 0.6 is 0 Å². The Balaban J connectivity index is 1.52. The Bertz CT molecular complexity index is 1370. The molecular weight excluding hydrogens is 439 g/mol. The number of hydrogen-bond donors (Lipinski definition) is 0. The van der Waals surface area contributed by atoms with Crippen molar-refractivity contribution in [3.63, 3.8) is 0 Å². The van der Waals surface area contributed by atoms with Crippen molar-refractivity contribution < 1.29 is 27.8 Å². The summed E-state index contributed by atoms with van der Waals surface area (Å²) in [5.41, 5.74) is 1.10. The maximum atomic E-state index is 13.3. The first-order chi connectivity index (χ1) is 16.4. The molecule has 7 heteroatoms. The highest BCUT2D eigenvalue weighted by molar-refractivity contribution is 5.89. The molecule has 0 saturated carbocycles. The van der Waals surface area contributed by atoms with E-state index in [9.17, 15) is 14.0 Å². The molecule has 1 heterocycles. The molecule has 0 fully saturated rings. The van der Waals surface area contributed by atoms with E-state index >= 15 is 0 Å². The average Bonchev–Trinajstić information content (AvgIpc) is 2.84. The van der Waals surface area contributed by atoms with E-state index in [1.807, 2.05) is 6.92 Å². The number of carbonyl (C=O) groups excluding carboxylic acids is 1. The zero-order chi connectivity index (χ0) is 24.1. The second-order valence-electron chi connectivity index (χ2n) is 7.66. The van der Waals surface area contributed by atoms with Gasteiger partial charge in [-0.05, 0) is 67.4 Å². The maximum Gasteiger partial charge on any atom is 0.338 e. The first-order valence-corrected chi connectivity index (χ1v) is 10.8. The molecule has 0 aliphatic carbocycles. The number of fused-ring (bicyclic) bond motifs is 1. The summed E-state index contributed by atoms with van der Waals surface area (Å²) in [5.74, 6) is 0.480. The second kappa shape index (κ2) is 10.2. The number of esters is 1. The minimum Gasteiger partial charge on any atom is -0.489 e. The van der Waals surface area contributed by atoms with Crippen molar-refractivity contribution in [2.24, 2.45) is 0 Å². The van der Waals surface area contributed by atoms with E-state index in [2.05, 4.69) is 0 Å². The number of hydrogen-bond acceptors (Lipinski definition) is 6. The van der Waals surface area contributed by atoms with Crippen molar-refractivity contribution in [3.05, 3.63) is 99.7 Å². The average molecular weight is 462 g/mol. The number of aryl methyl sites for hydroxylation is 1. The Hall–Kier alpha value is -4.13. The molecule has 174 valence electrons. The number of halogens is 1.